The standard InChI is InChI=1S/C12H17N4OS.BrH/c1-8-11(3-4-17)18-7-16(8)6-10-5-14-9(2)15-12(10)13;/h5,7,17H,3-4,6H2,1-2H3,(H2,13,14,15);1H/q+1;. The van der Waals surface area contributed by atoms with E-state index in [9.17, 15) is 0 Å². The fourth-order valence-electron chi connectivity index (χ4n) is 1.77. The summed E-state index contributed by atoms with van der Waals surface area (Å²) in [6.45, 7) is 4.71. The van der Waals surface area contributed by atoms with Crippen molar-refractivity contribution in [3.63, 3.8) is 0 Å². The molecule has 0 aromatic carbocycles. The molecular weight excluding hydrogens is 328 g/mol. The van der Waals surface area contributed by atoms with Crippen LogP contribution in [0, 0.1) is 13.8 Å². The SMILES string of the molecule is Br.Cc1ncc(C[n+]2csc(CCO)c2C)c(N)n1. The first kappa shape index (κ1) is 16.0. The molecule has 0 unspecified atom stereocenters. The number of nitrogens with two attached hydrogens (primary N) is 1. The van der Waals surface area contributed by atoms with Crippen LogP contribution in [0.3, 0.4) is 0 Å². The molecule has 2 heterocycles. The Morgan fingerprint density at radius 3 is 2.79 bits per heavy atom. The Kier molecular flexibility index (Phi) is 5.84. The van der Waals surface area contributed by atoms with Crippen molar-refractivity contribution in [2.75, 3.05) is 12.3 Å². The third-order valence-electron chi connectivity index (χ3n) is 2.85. The highest BCUT2D eigenvalue weighted by Crippen LogP contribution is 2.13. The van der Waals surface area contributed by atoms with Crippen LogP contribution in [-0.4, -0.2) is 21.7 Å². The molecule has 3 N–H and O–H groups in total. The van der Waals surface area contributed by atoms with Gasteiger partial charge in [-0.05, 0) is 6.92 Å². The predicted octanol–water partition coefficient (Wildman–Crippen LogP) is 1.19. The maximum absolute atomic E-state index is 8.98. The smallest absolute Gasteiger partial charge is 0.225 e. The molecule has 0 aliphatic rings. The molecule has 0 radical (unpaired) electrons. The molecule has 7 heteroatoms. The zero-order valence-corrected chi connectivity index (χ0v) is 13.5. The Labute approximate surface area is 126 Å². The van der Waals surface area contributed by atoms with Crippen LogP contribution in [0.1, 0.15) is 22.0 Å². The van der Waals surface area contributed by atoms with E-state index in [1.165, 1.54) is 4.88 Å². The van der Waals surface area contributed by atoms with E-state index in [1.54, 1.807) is 17.5 Å². The highest BCUT2D eigenvalue weighted by Gasteiger charge is 2.16. The van der Waals surface area contributed by atoms with Crippen LogP contribution in [0.4, 0.5) is 5.82 Å². The quantitative estimate of drug-likeness (QED) is 0.816. The third kappa shape index (κ3) is 3.71. The van der Waals surface area contributed by atoms with Crippen LogP contribution in [0.5, 0.6) is 0 Å². The summed E-state index contributed by atoms with van der Waals surface area (Å²) in [7, 11) is 0. The van der Waals surface area contributed by atoms with E-state index < -0.39 is 0 Å². The topological polar surface area (TPSA) is 75.9 Å². The second-order valence-electron chi connectivity index (χ2n) is 4.16. The van der Waals surface area contributed by atoms with Crippen LogP contribution < -0.4 is 10.3 Å². The molecule has 2 aromatic heterocycles. The van der Waals surface area contributed by atoms with Crippen molar-refractivity contribution >= 4 is 34.1 Å². The summed E-state index contributed by atoms with van der Waals surface area (Å²) < 4.78 is 2.11. The molecule has 0 aliphatic heterocycles. The Bertz CT molecular complexity index is 559. The average Bonchev–Trinajstić information content (AvgIpc) is 2.66. The number of rotatable bonds is 4. The lowest BCUT2D eigenvalue weighted by Crippen LogP contribution is -2.35. The Balaban J connectivity index is 0.00000180. The van der Waals surface area contributed by atoms with Crippen molar-refractivity contribution < 1.29 is 9.67 Å². The molecule has 19 heavy (non-hydrogen) atoms. The Hall–Kier alpha value is -1.05. The van der Waals surface area contributed by atoms with E-state index in [1.807, 2.05) is 19.4 Å². The number of anilines is 1. The van der Waals surface area contributed by atoms with E-state index in [2.05, 4.69) is 14.5 Å². The van der Waals surface area contributed by atoms with Gasteiger partial charge in [0.25, 0.3) is 0 Å². The predicted molar refractivity (Wildman–Crippen MR) is 80.6 cm³/mol. The summed E-state index contributed by atoms with van der Waals surface area (Å²) >= 11 is 1.65. The van der Waals surface area contributed by atoms with Gasteiger partial charge in [-0.2, -0.15) is 4.57 Å². The summed E-state index contributed by atoms with van der Waals surface area (Å²) in [5.74, 6) is 1.22. The molecule has 0 saturated heterocycles. The van der Waals surface area contributed by atoms with Gasteiger partial charge in [0.05, 0.1) is 10.4 Å². The number of aliphatic hydroxyl groups is 1. The number of nitrogen functional groups attached to an aromatic ring is 1. The van der Waals surface area contributed by atoms with Gasteiger partial charge in [0.1, 0.15) is 11.6 Å². The van der Waals surface area contributed by atoms with E-state index >= 15 is 0 Å². The minimum absolute atomic E-state index is 0. The van der Waals surface area contributed by atoms with Crippen LogP contribution in [-0.2, 0) is 13.0 Å². The lowest BCUT2D eigenvalue weighted by atomic mass is 10.2. The maximum Gasteiger partial charge on any atom is 0.225 e. The summed E-state index contributed by atoms with van der Waals surface area (Å²) in [6.07, 6.45) is 2.47. The lowest BCUT2D eigenvalue weighted by molar-refractivity contribution is -0.689. The summed E-state index contributed by atoms with van der Waals surface area (Å²) in [5.41, 5.74) is 10.0. The minimum atomic E-state index is 0. The number of thiazole rings is 1. The number of halogens is 1. The average molecular weight is 346 g/mol. The van der Waals surface area contributed by atoms with Crippen molar-refractivity contribution in [2.24, 2.45) is 0 Å². The third-order valence-corrected chi connectivity index (χ3v) is 4.00. The monoisotopic (exact) mass is 345 g/mol. The molecule has 0 atom stereocenters. The molecule has 0 amide bonds. The summed E-state index contributed by atoms with van der Waals surface area (Å²) in [5, 5.41) is 8.98. The first-order chi connectivity index (χ1) is 8.61. The maximum atomic E-state index is 8.98. The number of hydrogen-bond acceptors (Lipinski definition) is 5. The highest BCUT2D eigenvalue weighted by molar-refractivity contribution is 8.93. The molecule has 0 aliphatic carbocycles. The van der Waals surface area contributed by atoms with E-state index in [0.717, 1.165) is 11.3 Å². The minimum Gasteiger partial charge on any atom is -0.396 e. The molecule has 2 rings (SSSR count). The van der Waals surface area contributed by atoms with Crippen LogP contribution >= 0.6 is 28.3 Å². The van der Waals surface area contributed by atoms with Crippen molar-refractivity contribution in [1.29, 1.82) is 0 Å². The highest BCUT2D eigenvalue weighted by atomic mass is 79.9. The molecule has 104 valence electrons. The molecule has 0 spiro atoms. The van der Waals surface area contributed by atoms with Gasteiger partial charge in [-0.25, -0.2) is 9.97 Å². The number of nitrogens with zero attached hydrogens (tertiary/aromatic N) is 3. The van der Waals surface area contributed by atoms with Crippen LogP contribution in [0.25, 0.3) is 0 Å². The number of aromatic nitrogens is 3. The van der Waals surface area contributed by atoms with Gasteiger partial charge in [0.2, 0.25) is 5.51 Å². The van der Waals surface area contributed by atoms with E-state index in [4.69, 9.17) is 10.8 Å². The zero-order valence-electron chi connectivity index (χ0n) is 11.0. The van der Waals surface area contributed by atoms with Gasteiger partial charge < -0.3 is 10.8 Å². The van der Waals surface area contributed by atoms with Gasteiger partial charge >= 0.3 is 0 Å². The van der Waals surface area contributed by atoms with E-state index in [0.29, 0.717) is 24.6 Å². The normalized spacial score (nSPS) is 10.3. The van der Waals surface area contributed by atoms with Gasteiger partial charge in [-0.1, -0.05) is 11.3 Å². The van der Waals surface area contributed by atoms with Gasteiger partial charge in [-0.15, -0.1) is 17.0 Å². The Morgan fingerprint density at radius 1 is 1.42 bits per heavy atom. The molecular formula is C12H18BrN4OS+. The van der Waals surface area contributed by atoms with Crippen molar-refractivity contribution in [3.8, 4) is 0 Å². The van der Waals surface area contributed by atoms with Gasteiger partial charge in [0.15, 0.2) is 12.2 Å². The van der Waals surface area contributed by atoms with Gasteiger partial charge in [-0.3, -0.25) is 0 Å². The zero-order chi connectivity index (χ0) is 13.1. The largest absolute Gasteiger partial charge is 0.396 e. The molecule has 0 saturated carbocycles. The fourth-order valence-corrected chi connectivity index (χ4v) is 2.75. The van der Waals surface area contributed by atoms with Gasteiger partial charge in [0, 0.05) is 26.1 Å². The number of aliphatic hydroxyl groups excluding tert-OH is 1. The lowest BCUT2D eigenvalue weighted by Gasteiger charge is -2.01. The summed E-state index contributed by atoms with van der Waals surface area (Å²) in [6, 6.07) is 0. The van der Waals surface area contributed by atoms with Crippen molar-refractivity contribution in [2.45, 2.75) is 26.8 Å². The Morgan fingerprint density at radius 2 is 2.16 bits per heavy atom. The second kappa shape index (κ2) is 6.93. The van der Waals surface area contributed by atoms with Crippen molar-refractivity contribution in [3.05, 3.63) is 33.7 Å². The first-order valence-electron chi connectivity index (χ1n) is 5.77. The first-order valence-corrected chi connectivity index (χ1v) is 6.65. The molecule has 5 nitrogen and oxygen atoms in total. The molecule has 2 aromatic rings. The van der Waals surface area contributed by atoms with Crippen molar-refractivity contribution in [1.82, 2.24) is 9.97 Å². The number of hydrogen-bond donors (Lipinski definition) is 2. The molecule has 0 fully saturated rings. The fraction of sp³-hybridized carbons (Fsp3) is 0.417. The summed E-state index contributed by atoms with van der Waals surface area (Å²) in [4.78, 5) is 9.53. The van der Waals surface area contributed by atoms with E-state index in [-0.39, 0.29) is 23.6 Å². The van der Waals surface area contributed by atoms with Crippen LogP contribution in [0.15, 0.2) is 11.7 Å². The number of aryl methyl sites for hydroxylation is 1. The van der Waals surface area contributed by atoms with Crippen LogP contribution in [0.2, 0.25) is 0 Å². The molecule has 0 bridgehead atoms. The second-order valence-corrected chi connectivity index (χ2v) is 5.10.